The summed E-state index contributed by atoms with van der Waals surface area (Å²) in [6.07, 6.45) is 4.69. The average molecular weight is 239 g/mol. The van der Waals surface area contributed by atoms with E-state index >= 15 is 0 Å². The highest BCUT2D eigenvalue weighted by atomic mass is 31.2. The maximum absolute atomic E-state index is 6.27. The van der Waals surface area contributed by atoms with Gasteiger partial charge in [-0.1, -0.05) is 31.5 Å². The van der Waals surface area contributed by atoms with Gasteiger partial charge in [0, 0.05) is 0 Å². The largest absolute Gasteiger partial charge is 0.233 e. The Morgan fingerprint density at radius 3 is 2.12 bits per heavy atom. The third kappa shape index (κ3) is 3.30. The van der Waals surface area contributed by atoms with Crippen molar-refractivity contribution in [1.29, 1.82) is 0 Å². The molecular formula is C14H24OP+. The zero-order chi connectivity index (χ0) is 11.9. The first kappa shape index (κ1) is 13.7. The molecule has 0 aliphatic rings. The van der Waals surface area contributed by atoms with Crippen molar-refractivity contribution in [3.05, 3.63) is 30.3 Å². The minimum absolute atomic E-state index is 0.918. The number of hydrogen-bond acceptors (Lipinski definition) is 1. The van der Waals surface area contributed by atoms with Gasteiger partial charge in [0.2, 0.25) is 0 Å². The van der Waals surface area contributed by atoms with Crippen molar-refractivity contribution >= 4 is 12.8 Å². The monoisotopic (exact) mass is 239 g/mol. The fourth-order valence-corrected chi connectivity index (χ4v) is 4.81. The van der Waals surface area contributed by atoms with E-state index in [0.717, 1.165) is 18.9 Å². The molecule has 1 nitrogen and oxygen atoms in total. The highest BCUT2D eigenvalue weighted by Crippen LogP contribution is 2.57. The lowest BCUT2D eigenvalue weighted by molar-refractivity contribution is 0.335. The van der Waals surface area contributed by atoms with E-state index in [9.17, 15) is 0 Å². The van der Waals surface area contributed by atoms with Crippen LogP contribution in [0.4, 0.5) is 0 Å². The van der Waals surface area contributed by atoms with Crippen LogP contribution in [0.5, 0.6) is 0 Å². The highest BCUT2D eigenvalue weighted by molar-refractivity contribution is 7.78. The molecule has 0 saturated heterocycles. The fourth-order valence-electron chi connectivity index (χ4n) is 1.93. The van der Waals surface area contributed by atoms with Gasteiger partial charge in [0.05, 0.1) is 18.9 Å². The summed E-state index contributed by atoms with van der Waals surface area (Å²) >= 11 is 0. The molecule has 0 saturated carbocycles. The summed E-state index contributed by atoms with van der Waals surface area (Å²) in [6.45, 7) is 7.65. The minimum atomic E-state index is -1.34. The molecule has 0 N–H and O–H groups in total. The van der Waals surface area contributed by atoms with Gasteiger partial charge >= 0.3 is 0 Å². The summed E-state index contributed by atoms with van der Waals surface area (Å²) in [5, 5.41) is 1.43. The summed E-state index contributed by atoms with van der Waals surface area (Å²) in [5.74, 6) is 0. The molecule has 0 aliphatic carbocycles. The first-order chi connectivity index (χ1) is 7.79. The molecule has 90 valence electrons. The molecule has 0 unspecified atom stereocenters. The number of rotatable bonds is 7. The average Bonchev–Trinajstić information content (AvgIpc) is 2.36. The molecule has 0 amide bonds. The Kier molecular flexibility index (Phi) is 6.01. The molecular weight excluding hydrogens is 215 g/mol. The van der Waals surface area contributed by atoms with Crippen LogP contribution in [0.3, 0.4) is 0 Å². The normalized spacial score (nSPS) is 11.7. The van der Waals surface area contributed by atoms with Crippen molar-refractivity contribution < 1.29 is 4.52 Å². The van der Waals surface area contributed by atoms with Crippen molar-refractivity contribution in [1.82, 2.24) is 0 Å². The van der Waals surface area contributed by atoms with Crippen LogP contribution in [0.25, 0.3) is 0 Å². The van der Waals surface area contributed by atoms with Crippen molar-refractivity contribution in [3.8, 4) is 0 Å². The molecule has 0 heterocycles. The van der Waals surface area contributed by atoms with E-state index < -0.39 is 7.49 Å². The zero-order valence-corrected chi connectivity index (χ0v) is 11.7. The van der Waals surface area contributed by atoms with E-state index in [0.29, 0.717) is 0 Å². The second-order valence-electron chi connectivity index (χ2n) is 4.04. The second-order valence-corrected chi connectivity index (χ2v) is 7.86. The van der Waals surface area contributed by atoms with Crippen molar-refractivity contribution in [3.63, 3.8) is 0 Å². The minimum Gasteiger partial charge on any atom is -0.233 e. The summed E-state index contributed by atoms with van der Waals surface area (Å²) in [6, 6.07) is 10.8. The van der Waals surface area contributed by atoms with E-state index in [-0.39, 0.29) is 0 Å². The molecule has 0 aromatic heterocycles. The zero-order valence-electron chi connectivity index (χ0n) is 10.8. The van der Waals surface area contributed by atoms with Crippen LogP contribution >= 0.6 is 7.49 Å². The highest BCUT2D eigenvalue weighted by Gasteiger charge is 2.38. The number of unbranched alkanes of at least 4 members (excludes halogenated alkanes) is 1. The Morgan fingerprint density at radius 2 is 1.62 bits per heavy atom. The number of hydrogen-bond donors (Lipinski definition) is 0. The SMILES string of the molecule is CCCCO[P+](CC)(CC)c1ccccc1. The summed E-state index contributed by atoms with van der Waals surface area (Å²) in [7, 11) is -1.34. The topological polar surface area (TPSA) is 9.23 Å². The lowest BCUT2D eigenvalue weighted by atomic mass is 10.4. The molecule has 0 aliphatic heterocycles. The Bertz CT molecular complexity index is 280. The third-order valence-electron chi connectivity index (χ3n) is 3.08. The standard InChI is InChI=1S/C14H24OP/c1-4-7-13-15-16(5-2,6-3)14-11-9-8-10-12-14/h8-12H,4-7,13H2,1-3H3/q+1. The molecule has 0 fully saturated rings. The van der Waals surface area contributed by atoms with Crippen LogP contribution in [-0.2, 0) is 4.52 Å². The van der Waals surface area contributed by atoms with Gasteiger partial charge < -0.3 is 0 Å². The van der Waals surface area contributed by atoms with Gasteiger partial charge in [-0.3, -0.25) is 0 Å². The second kappa shape index (κ2) is 7.04. The molecule has 1 rings (SSSR count). The Labute approximate surface area is 101 Å². The molecule has 0 bridgehead atoms. The van der Waals surface area contributed by atoms with E-state index in [1.165, 1.54) is 18.1 Å². The van der Waals surface area contributed by atoms with E-state index in [4.69, 9.17) is 4.52 Å². The quantitative estimate of drug-likeness (QED) is 0.514. The lowest BCUT2D eigenvalue weighted by Gasteiger charge is -2.23. The molecule has 1 aromatic rings. The molecule has 2 heteroatoms. The molecule has 0 spiro atoms. The van der Waals surface area contributed by atoms with E-state index in [2.05, 4.69) is 51.1 Å². The van der Waals surface area contributed by atoms with Crippen LogP contribution in [0.1, 0.15) is 33.6 Å². The Balaban J connectivity index is 2.79. The van der Waals surface area contributed by atoms with Crippen molar-refractivity contribution in [2.75, 3.05) is 18.9 Å². The Morgan fingerprint density at radius 1 is 1.00 bits per heavy atom. The predicted molar refractivity (Wildman–Crippen MR) is 74.9 cm³/mol. The van der Waals surface area contributed by atoms with Gasteiger partial charge in [0.25, 0.3) is 0 Å². The van der Waals surface area contributed by atoms with Crippen LogP contribution in [-0.4, -0.2) is 18.9 Å². The van der Waals surface area contributed by atoms with Gasteiger partial charge in [0.15, 0.2) is 7.49 Å². The smallest absolute Gasteiger partial charge is 0.177 e. The lowest BCUT2D eigenvalue weighted by Crippen LogP contribution is -2.18. The van der Waals surface area contributed by atoms with Crippen LogP contribution in [0.2, 0.25) is 0 Å². The third-order valence-corrected chi connectivity index (χ3v) is 7.04. The van der Waals surface area contributed by atoms with Gasteiger partial charge in [-0.15, -0.1) is 0 Å². The van der Waals surface area contributed by atoms with Crippen LogP contribution < -0.4 is 5.30 Å². The molecule has 0 radical (unpaired) electrons. The molecule has 1 aromatic carbocycles. The first-order valence-electron chi connectivity index (χ1n) is 6.36. The molecule has 0 atom stereocenters. The van der Waals surface area contributed by atoms with Gasteiger partial charge in [0.1, 0.15) is 5.30 Å². The summed E-state index contributed by atoms with van der Waals surface area (Å²) in [5.41, 5.74) is 0. The molecule has 16 heavy (non-hydrogen) atoms. The van der Waals surface area contributed by atoms with Gasteiger partial charge in [-0.2, -0.15) is 0 Å². The maximum Gasteiger partial charge on any atom is 0.177 e. The van der Waals surface area contributed by atoms with E-state index in [1.807, 2.05) is 0 Å². The summed E-state index contributed by atoms with van der Waals surface area (Å²) in [4.78, 5) is 0. The van der Waals surface area contributed by atoms with E-state index in [1.54, 1.807) is 0 Å². The summed E-state index contributed by atoms with van der Waals surface area (Å²) < 4.78 is 6.27. The first-order valence-corrected chi connectivity index (χ1v) is 8.44. The number of benzene rings is 1. The van der Waals surface area contributed by atoms with Crippen molar-refractivity contribution in [2.24, 2.45) is 0 Å². The predicted octanol–water partition coefficient (Wildman–Crippen LogP) is 4.10. The van der Waals surface area contributed by atoms with Crippen LogP contribution in [0.15, 0.2) is 30.3 Å². The Hall–Kier alpha value is -0.390. The van der Waals surface area contributed by atoms with Crippen molar-refractivity contribution in [2.45, 2.75) is 33.6 Å². The van der Waals surface area contributed by atoms with Gasteiger partial charge in [-0.25, -0.2) is 4.52 Å². The fraction of sp³-hybridized carbons (Fsp3) is 0.571. The van der Waals surface area contributed by atoms with Crippen LogP contribution in [0, 0.1) is 0 Å². The van der Waals surface area contributed by atoms with Gasteiger partial charge in [-0.05, 0) is 32.4 Å². The maximum atomic E-state index is 6.27.